The van der Waals surface area contributed by atoms with Crippen molar-refractivity contribution in [1.29, 1.82) is 0 Å². The summed E-state index contributed by atoms with van der Waals surface area (Å²) in [4.78, 5) is 9.80. The van der Waals surface area contributed by atoms with Gasteiger partial charge in [0.1, 0.15) is 5.82 Å². The van der Waals surface area contributed by atoms with Crippen molar-refractivity contribution in [1.82, 2.24) is 0 Å². The Hall–Kier alpha value is -1.54. The van der Waals surface area contributed by atoms with Gasteiger partial charge in [0.15, 0.2) is 9.84 Å². The number of sulfone groups is 1. The molecule has 0 aliphatic heterocycles. The number of nitro groups is 1. The predicted octanol–water partition coefficient (Wildman–Crippen LogP) is 1.39. The molecule has 1 aromatic carbocycles. The van der Waals surface area contributed by atoms with Crippen molar-refractivity contribution in [3.05, 3.63) is 39.7 Å². The summed E-state index contributed by atoms with van der Waals surface area (Å²) in [5.41, 5.74) is 5.14. The minimum Gasteiger partial charge on any atom is -0.327 e. The number of nitrogens with two attached hydrogens (primary N) is 1. The van der Waals surface area contributed by atoms with E-state index in [9.17, 15) is 22.9 Å². The lowest BCUT2D eigenvalue weighted by molar-refractivity contribution is -0.385. The molecular weight excluding hydrogens is 275 g/mol. The fourth-order valence-corrected chi connectivity index (χ4v) is 3.26. The molecule has 1 unspecified atom stereocenters. The van der Waals surface area contributed by atoms with Crippen LogP contribution in [0.15, 0.2) is 18.2 Å². The van der Waals surface area contributed by atoms with Crippen molar-refractivity contribution < 1.29 is 17.7 Å². The van der Waals surface area contributed by atoms with Gasteiger partial charge in [-0.2, -0.15) is 0 Å². The molecule has 1 aromatic rings. The smallest absolute Gasteiger partial charge is 0.272 e. The van der Waals surface area contributed by atoms with Gasteiger partial charge >= 0.3 is 0 Å². The fourth-order valence-electron chi connectivity index (χ4n) is 1.58. The summed E-state index contributed by atoms with van der Waals surface area (Å²) < 4.78 is 36.7. The van der Waals surface area contributed by atoms with Crippen LogP contribution in [0.5, 0.6) is 0 Å². The van der Waals surface area contributed by atoms with E-state index in [1.807, 2.05) is 0 Å². The summed E-state index contributed by atoms with van der Waals surface area (Å²) in [5.74, 6) is -1.52. The maximum absolute atomic E-state index is 13.2. The maximum Gasteiger partial charge on any atom is 0.272 e. The van der Waals surface area contributed by atoms with E-state index < -0.39 is 38.1 Å². The highest BCUT2D eigenvalue weighted by Crippen LogP contribution is 2.18. The van der Waals surface area contributed by atoms with Crippen molar-refractivity contribution >= 4 is 15.5 Å². The van der Waals surface area contributed by atoms with Gasteiger partial charge in [-0.15, -0.1) is 0 Å². The summed E-state index contributed by atoms with van der Waals surface area (Å²) >= 11 is 0. The molecule has 1 atom stereocenters. The molecule has 0 radical (unpaired) electrons. The predicted molar refractivity (Wildman–Crippen MR) is 68.8 cm³/mol. The van der Waals surface area contributed by atoms with Crippen molar-refractivity contribution in [2.24, 2.45) is 5.73 Å². The second kappa shape index (κ2) is 6.07. The topological polar surface area (TPSA) is 103 Å². The van der Waals surface area contributed by atoms with E-state index in [0.29, 0.717) is 6.42 Å². The number of non-ortho nitro benzene ring substituents is 1. The zero-order chi connectivity index (χ0) is 14.6. The maximum atomic E-state index is 13.2. The van der Waals surface area contributed by atoms with Gasteiger partial charge < -0.3 is 5.73 Å². The normalized spacial score (nSPS) is 13.2. The van der Waals surface area contributed by atoms with E-state index in [0.717, 1.165) is 18.2 Å². The third-order valence-electron chi connectivity index (χ3n) is 2.53. The number of hydrogen-bond acceptors (Lipinski definition) is 5. The Balaban J connectivity index is 2.96. The average molecular weight is 290 g/mol. The van der Waals surface area contributed by atoms with Crippen LogP contribution in [0.4, 0.5) is 10.1 Å². The zero-order valence-electron chi connectivity index (χ0n) is 10.4. The van der Waals surface area contributed by atoms with Gasteiger partial charge in [0, 0.05) is 12.1 Å². The van der Waals surface area contributed by atoms with Crippen LogP contribution in [0.1, 0.15) is 18.9 Å². The summed E-state index contributed by atoms with van der Waals surface area (Å²) in [6, 6.07) is 2.28. The highest BCUT2D eigenvalue weighted by molar-refractivity contribution is 7.90. The highest BCUT2D eigenvalue weighted by atomic mass is 32.2. The lowest BCUT2D eigenvalue weighted by Gasteiger charge is -2.09. The van der Waals surface area contributed by atoms with Crippen LogP contribution in [-0.4, -0.2) is 25.1 Å². The SMILES string of the molecule is CCC(N)CS(=O)(=O)Cc1cc(F)cc([N+](=O)[O-])c1. The molecule has 0 aromatic heterocycles. The molecule has 6 nitrogen and oxygen atoms in total. The molecule has 0 saturated carbocycles. The van der Waals surface area contributed by atoms with E-state index >= 15 is 0 Å². The molecule has 8 heteroatoms. The van der Waals surface area contributed by atoms with Crippen LogP contribution in [0, 0.1) is 15.9 Å². The van der Waals surface area contributed by atoms with E-state index in [1.165, 1.54) is 0 Å². The van der Waals surface area contributed by atoms with Crippen LogP contribution < -0.4 is 5.73 Å². The molecule has 0 spiro atoms. The Morgan fingerprint density at radius 3 is 2.58 bits per heavy atom. The highest BCUT2D eigenvalue weighted by Gasteiger charge is 2.18. The molecule has 0 bridgehead atoms. The monoisotopic (exact) mass is 290 g/mol. The molecule has 0 heterocycles. The van der Waals surface area contributed by atoms with Crippen LogP contribution in [0.25, 0.3) is 0 Å². The molecule has 19 heavy (non-hydrogen) atoms. The second-order valence-electron chi connectivity index (χ2n) is 4.30. The Labute approximate surface area is 110 Å². The number of nitro benzene ring substituents is 1. The van der Waals surface area contributed by atoms with E-state index in [1.54, 1.807) is 6.92 Å². The molecule has 0 aliphatic rings. The Morgan fingerprint density at radius 2 is 2.05 bits per heavy atom. The molecular formula is C11H15FN2O4S. The Morgan fingerprint density at radius 1 is 1.42 bits per heavy atom. The summed E-state index contributed by atoms with van der Waals surface area (Å²) in [5, 5.41) is 10.6. The molecule has 106 valence electrons. The first kappa shape index (κ1) is 15.5. The molecule has 0 aliphatic carbocycles. The first-order valence-electron chi connectivity index (χ1n) is 5.63. The van der Waals surface area contributed by atoms with Gasteiger partial charge in [0.25, 0.3) is 5.69 Å². The first-order chi connectivity index (χ1) is 8.73. The number of hydrogen-bond donors (Lipinski definition) is 1. The summed E-state index contributed by atoms with van der Waals surface area (Å²) in [7, 11) is -3.52. The van der Waals surface area contributed by atoms with Gasteiger partial charge in [-0.05, 0) is 18.1 Å². The van der Waals surface area contributed by atoms with Crippen LogP contribution in [0.3, 0.4) is 0 Å². The summed E-state index contributed by atoms with van der Waals surface area (Å²) in [6.45, 7) is 1.76. The Kier molecular flexibility index (Phi) is 4.96. The molecule has 2 N–H and O–H groups in total. The number of rotatable bonds is 6. The van der Waals surface area contributed by atoms with E-state index in [-0.39, 0.29) is 11.3 Å². The lowest BCUT2D eigenvalue weighted by atomic mass is 10.2. The number of benzene rings is 1. The average Bonchev–Trinajstić information content (AvgIpc) is 2.26. The van der Waals surface area contributed by atoms with Gasteiger partial charge in [-0.3, -0.25) is 10.1 Å². The number of halogens is 1. The van der Waals surface area contributed by atoms with Crippen molar-refractivity contribution in [2.75, 3.05) is 5.75 Å². The van der Waals surface area contributed by atoms with Gasteiger partial charge in [0.05, 0.1) is 22.5 Å². The second-order valence-corrected chi connectivity index (χ2v) is 6.41. The molecule has 1 rings (SSSR count). The van der Waals surface area contributed by atoms with Crippen LogP contribution in [0.2, 0.25) is 0 Å². The van der Waals surface area contributed by atoms with E-state index in [4.69, 9.17) is 5.73 Å². The van der Waals surface area contributed by atoms with Gasteiger partial charge in [0.2, 0.25) is 0 Å². The third kappa shape index (κ3) is 4.92. The fraction of sp³-hybridized carbons (Fsp3) is 0.455. The minimum absolute atomic E-state index is 0.0509. The van der Waals surface area contributed by atoms with Crippen molar-refractivity contribution in [3.63, 3.8) is 0 Å². The summed E-state index contributed by atoms with van der Waals surface area (Å²) in [6.07, 6.45) is 0.503. The number of nitrogens with zero attached hydrogens (tertiary/aromatic N) is 1. The quantitative estimate of drug-likeness (QED) is 0.629. The lowest BCUT2D eigenvalue weighted by Crippen LogP contribution is -2.29. The minimum atomic E-state index is -3.52. The van der Waals surface area contributed by atoms with Gasteiger partial charge in [-0.1, -0.05) is 6.92 Å². The van der Waals surface area contributed by atoms with E-state index in [2.05, 4.69) is 0 Å². The van der Waals surface area contributed by atoms with Crippen molar-refractivity contribution in [3.8, 4) is 0 Å². The third-order valence-corrected chi connectivity index (χ3v) is 4.24. The Bertz CT molecular complexity index is 574. The van der Waals surface area contributed by atoms with Crippen molar-refractivity contribution in [2.45, 2.75) is 25.1 Å². The van der Waals surface area contributed by atoms with Crippen LogP contribution in [-0.2, 0) is 15.6 Å². The first-order valence-corrected chi connectivity index (χ1v) is 7.45. The largest absolute Gasteiger partial charge is 0.327 e. The molecule has 0 saturated heterocycles. The molecule has 0 amide bonds. The molecule has 0 fully saturated rings. The van der Waals surface area contributed by atoms with Crippen LogP contribution >= 0.6 is 0 Å². The standard InChI is InChI=1S/C11H15FN2O4S/c1-2-10(13)7-19(17,18)6-8-3-9(12)5-11(4-8)14(15)16/h3-5,10H,2,6-7,13H2,1H3. The van der Waals surface area contributed by atoms with Gasteiger partial charge in [-0.25, -0.2) is 12.8 Å². The zero-order valence-corrected chi connectivity index (χ0v) is 11.2.